The second kappa shape index (κ2) is 15.6. The van der Waals surface area contributed by atoms with Crippen LogP contribution in [0.4, 0.5) is 0 Å². The lowest BCUT2D eigenvalue weighted by molar-refractivity contribution is 0.624. The van der Waals surface area contributed by atoms with Gasteiger partial charge in [0, 0.05) is 6.67 Å². The molecule has 0 heterocycles. The molecule has 0 saturated carbocycles. The third-order valence-electron chi connectivity index (χ3n) is 0.729. The van der Waals surface area contributed by atoms with E-state index in [0.29, 0.717) is 0 Å². The molecule has 0 atom stereocenters. The minimum Gasteiger partial charge on any atom is -0.308 e. The van der Waals surface area contributed by atoms with Gasteiger partial charge in [-0.3, -0.25) is 0 Å². The molecule has 0 aliphatic rings. The van der Waals surface area contributed by atoms with Gasteiger partial charge in [-0.15, -0.1) is 13.2 Å². The van der Waals surface area contributed by atoms with Gasteiger partial charge in [-0.05, 0) is 20.0 Å². The molecule has 0 rings (SSSR count). The van der Waals surface area contributed by atoms with E-state index < -0.39 is 0 Å². The van der Waals surface area contributed by atoms with Crippen LogP contribution in [0.5, 0.6) is 0 Å². The van der Waals surface area contributed by atoms with Gasteiger partial charge < -0.3 is 10.6 Å². The summed E-state index contributed by atoms with van der Waals surface area (Å²) in [4.78, 5) is 0. The maximum Gasteiger partial charge on any atom is 0.0451 e. The fraction of sp³-hybridized carbons (Fsp3) is 0.714. The summed E-state index contributed by atoms with van der Waals surface area (Å²) in [5.74, 6) is 0. The van der Waals surface area contributed by atoms with E-state index in [4.69, 9.17) is 0 Å². The fourth-order valence-corrected chi connectivity index (χ4v) is 0.390. The molecule has 0 bridgehead atoms. The Balaban J connectivity index is 0. The SMILES string of the molecule is C=C.CCCNCNC. The highest BCUT2D eigenvalue weighted by Gasteiger charge is 1.75. The molecule has 2 N–H and O–H groups in total. The molecule has 0 aliphatic heterocycles. The molecule has 0 spiro atoms. The van der Waals surface area contributed by atoms with Gasteiger partial charge >= 0.3 is 0 Å². The first kappa shape index (κ1) is 11.5. The summed E-state index contributed by atoms with van der Waals surface area (Å²) < 4.78 is 0. The second-order valence-electron chi connectivity index (χ2n) is 1.53. The largest absolute Gasteiger partial charge is 0.308 e. The molecule has 56 valence electrons. The number of hydrogen-bond acceptors (Lipinski definition) is 2. The summed E-state index contributed by atoms with van der Waals surface area (Å²) in [5.41, 5.74) is 0. The number of hydrogen-bond donors (Lipinski definition) is 2. The highest BCUT2D eigenvalue weighted by molar-refractivity contribution is 4.37. The zero-order chi connectivity index (χ0) is 7.54. The van der Waals surface area contributed by atoms with Crippen LogP contribution in [0.25, 0.3) is 0 Å². The molecule has 0 fully saturated rings. The lowest BCUT2D eigenvalue weighted by Gasteiger charge is -1.97. The maximum atomic E-state index is 3.17. The molecule has 0 amide bonds. The van der Waals surface area contributed by atoms with Crippen molar-refractivity contribution >= 4 is 0 Å². The first-order chi connectivity index (χ1) is 4.41. The van der Waals surface area contributed by atoms with E-state index in [0.717, 1.165) is 13.2 Å². The monoisotopic (exact) mass is 130 g/mol. The minimum atomic E-state index is 0.924. The predicted octanol–water partition coefficient (Wildman–Crippen LogP) is 0.965. The van der Waals surface area contributed by atoms with Crippen molar-refractivity contribution in [3.63, 3.8) is 0 Å². The maximum absolute atomic E-state index is 3.17. The van der Waals surface area contributed by atoms with Gasteiger partial charge in [0.2, 0.25) is 0 Å². The first-order valence-corrected chi connectivity index (χ1v) is 3.27. The van der Waals surface area contributed by atoms with E-state index in [1.165, 1.54) is 6.42 Å². The van der Waals surface area contributed by atoms with Gasteiger partial charge in [0.15, 0.2) is 0 Å². The van der Waals surface area contributed by atoms with Crippen LogP contribution >= 0.6 is 0 Å². The van der Waals surface area contributed by atoms with E-state index in [2.05, 4.69) is 30.7 Å². The number of rotatable bonds is 4. The van der Waals surface area contributed by atoms with Gasteiger partial charge in [0.1, 0.15) is 0 Å². The molecule has 0 aromatic rings. The Hall–Kier alpha value is -0.340. The van der Waals surface area contributed by atoms with E-state index in [1.54, 1.807) is 0 Å². The Morgan fingerprint density at radius 3 is 2.22 bits per heavy atom. The van der Waals surface area contributed by atoms with E-state index in [-0.39, 0.29) is 0 Å². The van der Waals surface area contributed by atoms with Gasteiger partial charge in [0.25, 0.3) is 0 Å². The number of nitrogens with one attached hydrogen (secondary N) is 2. The molecule has 2 nitrogen and oxygen atoms in total. The quantitative estimate of drug-likeness (QED) is 0.336. The highest BCUT2D eigenvalue weighted by Crippen LogP contribution is 1.64. The lowest BCUT2D eigenvalue weighted by Crippen LogP contribution is -2.26. The van der Waals surface area contributed by atoms with Crippen LogP contribution in [0.3, 0.4) is 0 Å². The van der Waals surface area contributed by atoms with Gasteiger partial charge in [0.05, 0.1) is 0 Å². The van der Waals surface area contributed by atoms with Crippen LogP contribution < -0.4 is 10.6 Å². The van der Waals surface area contributed by atoms with E-state index in [1.807, 2.05) is 7.05 Å². The van der Waals surface area contributed by atoms with E-state index >= 15 is 0 Å². The standard InChI is InChI=1S/C5H14N2.C2H4/c1-3-4-7-5-6-2;1-2/h6-7H,3-5H2,1-2H3;1-2H2. The molecule has 9 heavy (non-hydrogen) atoms. The summed E-state index contributed by atoms with van der Waals surface area (Å²) in [7, 11) is 1.93. The molecule has 0 radical (unpaired) electrons. The molecule has 0 aliphatic carbocycles. The smallest absolute Gasteiger partial charge is 0.0451 e. The third kappa shape index (κ3) is 18.3. The molecule has 0 saturated heterocycles. The summed E-state index contributed by atoms with van der Waals surface area (Å²) in [6.07, 6.45) is 1.21. The Bertz CT molecular complexity index is 33.9. The Morgan fingerprint density at radius 1 is 1.33 bits per heavy atom. The van der Waals surface area contributed by atoms with Gasteiger partial charge in [-0.1, -0.05) is 6.92 Å². The molecule has 0 aromatic carbocycles. The van der Waals surface area contributed by atoms with Crippen molar-refractivity contribution in [1.29, 1.82) is 0 Å². The third-order valence-corrected chi connectivity index (χ3v) is 0.729. The summed E-state index contributed by atoms with van der Waals surface area (Å²) in [5, 5.41) is 6.16. The van der Waals surface area contributed by atoms with Crippen LogP contribution in [-0.2, 0) is 0 Å². The lowest BCUT2D eigenvalue weighted by atomic mass is 10.5. The normalized spacial score (nSPS) is 7.78. The van der Waals surface area contributed by atoms with Crippen molar-refractivity contribution in [1.82, 2.24) is 10.6 Å². The van der Waals surface area contributed by atoms with E-state index in [9.17, 15) is 0 Å². The van der Waals surface area contributed by atoms with Crippen molar-refractivity contribution in [3.8, 4) is 0 Å². The van der Waals surface area contributed by atoms with Crippen LogP contribution in [0.1, 0.15) is 13.3 Å². The van der Waals surface area contributed by atoms with Crippen molar-refractivity contribution in [2.24, 2.45) is 0 Å². The Morgan fingerprint density at radius 2 is 1.89 bits per heavy atom. The van der Waals surface area contributed by atoms with Gasteiger partial charge in [-0.2, -0.15) is 0 Å². The van der Waals surface area contributed by atoms with Crippen LogP contribution in [0, 0.1) is 0 Å². The Kier molecular flexibility index (Phi) is 19.9. The highest BCUT2D eigenvalue weighted by atomic mass is 15.0. The summed E-state index contributed by atoms with van der Waals surface area (Å²) in [6, 6.07) is 0. The molecule has 0 aromatic heterocycles. The van der Waals surface area contributed by atoms with Crippen LogP contribution in [-0.4, -0.2) is 20.3 Å². The van der Waals surface area contributed by atoms with Crippen molar-refractivity contribution in [2.75, 3.05) is 20.3 Å². The first-order valence-electron chi connectivity index (χ1n) is 3.27. The minimum absolute atomic E-state index is 0.924. The predicted molar refractivity (Wildman–Crippen MR) is 43.5 cm³/mol. The summed E-state index contributed by atoms with van der Waals surface area (Å²) in [6.45, 7) is 10.2. The fourth-order valence-electron chi connectivity index (χ4n) is 0.390. The molecule has 2 heteroatoms. The average Bonchev–Trinajstić information content (AvgIpc) is 1.94. The van der Waals surface area contributed by atoms with Crippen molar-refractivity contribution in [3.05, 3.63) is 13.2 Å². The average molecular weight is 130 g/mol. The van der Waals surface area contributed by atoms with Crippen molar-refractivity contribution < 1.29 is 0 Å². The topological polar surface area (TPSA) is 24.1 Å². The summed E-state index contributed by atoms with van der Waals surface area (Å²) >= 11 is 0. The van der Waals surface area contributed by atoms with Crippen LogP contribution in [0.15, 0.2) is 13.2 Å². The van der Waals surface area contributed by atoms with Gasteiger partial charge in [-0.25, -0.2) is 0 Å². The van der Waals surface area contributed by atoms with Crippen LogP contribution in [0.2, 0.25) is 0 Å². The second-order valence-corrected chi connectivity index (χ2v) is 1.53. The zero-order valence-electron chi connectivity index (χ0n) is 6.54. The Labute approximate surface area is 58.3 Å². The van der Waals surface area contributed by atoms with Crippen molar-refractivity contribution in [2.45, 2.75) is 13.3 Å². The molecular weight excluding hydrogens is 112 g/mol. The zero-order valence-corrected chi connectivity index (χ0v) is 6.54. The molecule has 0 unspecified atom stereocenters. The molecular formula is C7H18N2.